The van der Waals surface area contributed by atoms with Crippen molar-refractivity contribution < 1.29 is 22.8 Å². The van der Waals surface area contributed by atoms with Crippen molar-refractivity contribution in [3.8, 4) is 0 Å². The number of rotatable bonds is 10. The molecule has 0 unspecified atom stereocenters. The predicted octanol–water partition coefficient (Wildman–Crippen LogP) is 2.15. The number of esters is 1. The minimum absolute atomic E-state index is 0.181. The maximum Gasteiger partial charge on any atom is 0.500 e. The van der Waals surface area contributed by atoms with Gasteiger partial charge in [0, 0.05) is 24.8 Å². The van der Waals surface area contributed by atoms with E-state index in [-0.39, 0.29) is 13.2 Å². The number of hydrogen-bond acceptors (Lipinski definition) is 5. The van der Waals surface area contributed by atoms with Crippen LogP contribution < -0.4 is 0 Å². The van der Waals surface area contributed by atoms with Gasteiger partial charge in [0.15, 0.2) is 0 Å². The van der Waals surface area contributed by atoms with Gasteiger partial charge in [0.25, 0.3) is 0 Å². The summed E-state index contributed by atoms with van der Waals surface area (Å²) in [6.07, 6.45) is 0. The molecule has 18 heavy (non-hydrogen) atoms. The number of ether oxygens (including phenoxy) is 1. The highest BCUT2D eigenvalue weighted by Crippen LogP contribution is 2.15. The third-order valence-electron chi connectivity index (χ3n) is 2.15. The Hall–Kier alpha value is -0.693. The Balaban J connectivity index is 4.10. The first-order chi connectivity index (χ1) is 8.51. The maximum atomic E-state index is 11.2. The lowest BCUT2D eigenvalue weighted by Gasteiger charge is -2.27. The fourth-order valence-electron chi connectivity index (χ4n) is 1.33. The number of carbonyl (C=O) groups is 1. The van der Waals surface area contributed by atoms with Gasteiger partial charge in [-0.15, -0.1) is 0 Å². The fourth-order valence-corrected chi connectivity index (χ4v) is 3.46. The van der Waals surface area contributed by atoms with Crippen LogP contribution in [0.1, 0.15) is 27.7 Å². The third-order valence-corrected chi connectivity index (χ3v) is 5.12. The van der Waals surface area contributed by atoms with Crippen LogP contribution in [0.15, 0.2) is 12.2 Å². The third kappa shape index (κ3) is 6.30. The van der Waals surface area contributed by atoms with E-state index < -0.39 is 14.8 Å². The molecule has 0 heterocycles. The zero-order chi connectivity index (χ0) is 14.0. The molecule has 0 aliphatic rings. The monoisotopic (exact) mass is 276 g/mol. The van der Waals surface area contributed by atoms with Crippen LogP contribution in [0.25, 0.3) is 0 Å². The van der Waals surface area contributed by atoms with Gasteiger partial charge in [-0.3, -0.25) is 0 Å². The van der Waals surface area contributed by atoms with Crippen LogP contribution in [0.3, 0.4) is 0 Å². The average Bonchev–Trinajstić information content (AvgIpc) is 2.34. The lowest BCUT2D eigenvalue weighted by Crippen LogP contribution is -2.46. The Kier molecular flexibility index (Phi) is 8.91. The maximum absolute atomic E-state index is 11.2. The molecule has 0 atom stereocenters. The standard InChI is InChI=1S/C12H24O5Si/c1-6-15-18(8-3,16-7-2)17-10-9-14-12(13)11(4)5/h4,6-10H2,1-3,5H3. The van der Waals surface area contributed by atoms with Crippen molar-refractivity contribution in [2.45, 2.75) is 33.7 Å². The summed E-state index contributed by atoms with van der Waals surface area (Å²) in [7, 11) is -2.58. The van der Waals surface area contributed by atoms with Crippen molar-refractivity contribution in [3.05, 3.63) is 12.2 Å². The van der Waals surface area contributed by atoms with E-state index >= 15 is 0 Å². The molecule has 0 N–H and O–H groups in total. The first-order valence-electron chi connectivity index (χ1n) is 6.25. The normalized spacial score (nSPS) is 11.3. The lowest BCUT2D eigenvalue weighted by atomic mass is 10.4. The lowest BCUT2D eigenvalue weighted by molar-refractivity contribution is -0.140. The molecule has 0 aromatic carbocycles. The molecule has 0 bridgehead atoms. The molecule has 0 fully saturated rings. The molecule has 0 aromatic heterocycles. The second-order valence-electron chi connectivity index (χ2n) is 3.67. The Morgan fingerprint density at radius 2 is 1.61 bits per heavy atom. The molecule has 6 heteroatoms. The second kappa shape index (κ2) is 9.27. The average molecular weight is 276 g/mol. The van der Waals surface area contributed by atoms with Crippen LogP contribution in [-0.2, 0) is 22.8 Å². The SMILES string of the molecule is C=C(C)C(=O)OCCO[Si](CC)(OCC)OCC. The summed E-state index contributed by atoms with van der Waals surface area (Å²) < 4.78 is 21.8. The van der Waals surface area contributed by atoms with Gasteiger partial charge >= 0.3 is 14.8 Å². The Bertz CT molecular complexity index is 261. The first kappa shape index (κ1) is 17.3. The molecular formula is C12H24O5Si. The molecule has 0 saturated carbocycles. The van der Waals surface area contributed by atoms with E-state index in [0.717, 1.165) is 0 Å². The van der Waals surface area contributed by atoms with Gasteiger partial charge in [0.2, 0.25) is 0 Å². The summed E-state index contributed by atoms with van der Waals surface area (Å²) in [5, 5.41) is 0. The minimum Gasteiger partial charge on any atom is -0.460 e. The molecule has 0 rings (SSSR count). The molecule has 0 spiro atoms. The highest BCUT2D eigenvalue weighted by atomic mass is 28.4. The van der Waals surface area contributed by atoms with Crippen molar-refractivity contribution in [1.29, 1.82) is 0 Å². The van der Waals surface area contributed by atoms with E-state index in [4.69, 9.17) is 18.0 Å². The molecule has 0 saturated heterocycles. The summed E-state index contributed by atoms with van der Waals surface area (Å²) >= 11 is 0. The van der Waals surface area contributed by atoms with E-state index in [9.17, 15) is 4.79 Å². The van der Waals surface area contributed by atoms with Gasteiger partial charge in [-0.25, -0.2) is 4.79 Å². The van der Waals surface area contributed by atoms with Gasteiger partial charge in [0.1, 0.15) is 6.61 Å². The zero-order valence-electron chi connectivity index (χ0n) is 11.8. The Labute approximate surface area is 110 Å². The predicted molar refractivity (Wildman–Crippen MR) is 71.2 cm³/mol. The molecule has 5 nitrogen and oxygen atoms in total. The molecule has 0 aliphatic carbocycles. The molecule has 106 valence electrons. The minimum atomic E-state index is -2.58. The van der Waals surface area contributed by atoms with E-state index in [1.165, 1.54) is 0 Å². The van der Waals surface area contributed by atoms with Crippen molar-refractivity contribution in [3.63, 3.8) is 0 Å². The van der Waals surface area contributed by atoms with Crippen molar-refractivity contribution in [2.75, 3.05) is 26.4 Å². The van der Waals surface area contributed by atoms with Crippen LogP contribution >= 0.6 is 0 Å². The van der Waals surface area contributed by atoms with Crippen LogP contribution in [0, 0.1) is 0 Å². The number of carbonyl (C=O) groups excluding carboxylic acids is 1. The van der Waals surface area contributed by atoms with E-state index in [1.807, 2.05) is 20.8 Å². The van der Waals surface area contributed by atoms with Crippen molar-refractivity contribution in [1.82, 2.24) is 0 Å². The van der Waals surface area contributed by atoms with Crippen LogP contribution in [-0.4, -0.2) is 41.2 Å². The summed E-state index contributed by atoms with van der Waals surface area (Å²) in [6.45, 7) is 12.4. The van der Waals surface area contributed by atoms with Crippen LogP contribution in [0.5, 0.6) is 0 Å². The molecule has 0 aromatic rings. The fraction of sp³-hybridized carbons (Fsp3) is 0.750. The highest BCUT2D eigenvalue weighted by molar-refractivity contribution is 6.60. The van der Waals surface area contributed by atoms with Gasteiger partial charge in [0.05, 0.1) is 6.61 Å². The summed E-state index contributed by atoms with van der Waals surface area (Å²) in [5.41, 5.74) is 0.378. The second-order valence-corrected chi connectivity index (χ2v) is 6.61. The largest absolute Gasteiger partial charge is 0.500 e. The molecule has 0 amide bonds. The highest BCUT2D eigenvalue weighted by Gasteiger charge is 2.38. The zero-order valence-corrected chi connectivity index (χ0v) is 12.8. The summed E-state index contributed by atoms with van der Waals surface area (Å²) in [6, 6.07) is 0.698. The van der Waals surface area contributed by atoms with Crippen molar-refractivity contribution >= 4 is 14.8 Å². The first-order valence-corrected chi connectivity index (χ1v) is 8.19. The van der Waals surface area contributed by atoms with E-state index in [1.54, 1.807) is 6.92 Å². The Morgan fingerprint density at radius 3 is 2.00 bits per heavy atom. The summed E-state index contributed by atoms with van der Waals surface area (Å²) in [4.78, 5) is 11.2. The van der Waals surface area contributed by atoms with Crippen LogP contribution in [0.2, 0.25) is 6.04 Å². The van der Waals surface area contributed by atoms with Crippen LogP contribution in [0.4, 0.5) is 0 Å². The van der Waals surface area contributed by atoms with Gasteiger partial charge in [-0.05, 0) is 20.8 Å². The van der Waals surface area contributed by atoms with Gasteiger partial charge in [-0.2, -0.15) is 0 Å². The molecular weight excluding hydrogens is 252 g/mol. The molecule has 0 aliphatic heterocycles. The van der Waals surface area contributed by atoms with Crippen molar-refractivity contribution in [2.24, 2.45) is 0 Å². The quantitative estimate of drug-likeness (QED) is 0.265. The van der Waals surface area contributed by atoms with E-state index in [0.29, 0.717) is 24.8 Å². The molecule has 0 radical (unpaired) electrons. The van der Waals surface area contributed by atoms with Gasteiger partial charge < -0.3 is 18.0 Å². The van der Waals surface area contributed by atoms with E-state index in [2.05, 4.69) is 6.58 Å². The smallest absolute Gasteiger partial charge is 0.460 e. The Morgan fingerprint density at radius 1 is 1.06 bits per heavy atom. The number of hydrogen-bond donors (Lipinski definition) is 0. The summed E-state index contributed by atoms with van der Waals surface area (Å²) in [5.74, 6) is -0.407. The van der Waals surface area contributed by atoms with Gasteiger partial charge in [-0.1, -0.05) is 13.5 Å². The topological polar surface area (TPSA) is 54.0 Å².